The van der Waals surface area contributed by atoms with Crippen LogP contribution in [0.25, 0.3) is 0 Å². The zero-order valence-corrected chi connectivity index (χ0v) is 85.3. The van der Waals surface area contributed by atoms with Crippen LogP contribution in [0.4, 0.5) is 5.69 Å². The molecule has 6 rings (SSSR count). The highest BCUT2D eigenvalue weighted by Crippen LogP contribution is 2.18. The standard InChI is InChI=1S/C101H166N28O15/c1-125(75-32-58-106-59-33-75)69-43-89(131)113-51-16-8-24-81(118-94(136)80(104)22-6-14-48-102)95(137)120-83(25-9-17-52-114-90(132)44-70-126(2)76-34-60-107-61-35-76)97(139)122-85(27-11-19-54-116-92(134)46-72-128(4)78-38-64-109-65-39-78)99(141)123-86(28-12-20-55-117-93(135)47-73-129(5)79-40-66-110-67-41-79)98(140)121-84(26-10-18-53-115-91(133)45-71-127(3)77-36-62-108-63-37-77)96(138)119-82(23-7-15-49-103)100(142)124-87(101(143)144)29-13-21-50-112-88(130)42-68-111-74-30-56-105-57-31-74/h30-41,56,58,60,62,64,66-67,80-87,105-109,111H,6-29,42-55,57,59,61,63,65,68-73,102-104H2,1-5H3,(H,112,130)(H,113,131)(H,114,132)(H,115,133)(H,116,134)(H,117,135)(H,118,136)(H,119,138)(H,120,137)(H,121,140)(H,122,139)(H,123,141)(H,124,142)(H,143,144)/t80-,81-,82-,83?,84-,85-,86-,87-/m0/s1. The molecule has 13 amide bonds. The monoisotopic (exact) mass is 2010 g/mol. The Morgan fingerprint density at radius 2 is 0.562 bits per heavy atom. The van der Waals surface area contributed by atoms with Gasteiger partial charge in [0.15, 0.2) is 0 Å². The number of allylic oxidation sites excluding steroid dienone is 5. The number of hydrogen-bond acceptors (Lipinski definition) is 29. The third-order valence-corrected chi connectivity index (χ3v) is 25.1. The van der Waals surface area contributed by atoms with Gasteiger partial charge in [0.1, 0.15) is 42.3 Å². The van der Waals surface area contributed by atoms with E-state index in [4.69, 9.17) is 17.2 Å². The van der Waals surface area contributed by atoms with Gasteiger partial charge in [-0.25, -0.2) is 4.79 Å². The number of rotatable bonds is 77. The van der Waals surface area contributed by atoms with E-state index in [1.807, 2.05) is 157 Å². The van der Waals surface area contributed by atoms with Crippen molar-refractivity contribution in [3.63, 3.8) is 0 Å². The predicted molar refractivity (Wildman–Crippen MR) is 556 cm³/mol. The molecule has 0 fully saturated rings. The Balaban J connectivity index is 1.33. The van der Waals surface area contributed by atoms with Gasteiger partial charge in [0.25, 0.3) is 0 Å². The van der Waals surface area contributed by atoms with Crippen molar-refractivity contribution in [1.29, 1.82) is 0 Å². The number of carbonyl (C=O) groups excluding carboxylic acids is 13. The molecule has 144 heavy (non-hydrogen) atoms. The Morgan fingerprint density at radius 1 is 0.312 bits per heavy atom. The molecule has 5 aliphatic heterocycles. The molecule has 6 heterocycles. The van der Waals surface area contributed by atoms with Crippen LogP contribution in [-0.4, -0.2) is 320 Å². The van der Waals surface area contributed by atoms with Crippen LogP contribution in [0.1, 0.15) is 193 Å². The van der Waals surface area contributed by atoms with E-state index in [1.165, 1.54) is 0 Å². The fourth-order valence-electron chi connectivity index (χ4n) is 16.1. The van der Waals surface area contributed by atoms with Crippen molar-refractivity contribution >= 4 is 88.5 Å². The molecular weight excluding hydrogens is 1850 g/mol. The second kappa shape index (κ2) is 71.3. The number of aliphatic carboxylic acids is 1. The number of carbonyl (C=O) groups is 14. The first-order valence-electron chi connectivity index (χ1n) is 51.4. The lowest BCUT2D eigenvalue weighted by molar-refractivity contribution is -0.142. The first-order valence-corrected chi connectivity index (χ1v) is 51.4. The SMILES string of the molecule is CN(CCC(=O)NCCCCC(NC(=O)[C@H](CCCCNC(=O)CCN(C)C1=CCNC=C1)NC(=O)[C@@H](N)CCCCN)C(=O)N[C@@H](CCCCNC(=O)CCN(C)C1=CCNC=C1)C(=O)N[C@@H](CCCCNC(=O)CCN(C)c1ccncc1)C(=O)N[C@@H](CCCCNC(=O)CCN(C)C1=CCNC=C1)C(=O)N[C@@H](CCCCN)C(=O)N[C@@H](CCCCNC(=O)CCNC1=CCNC=C1)C(=O)O)C1=CCNC=C1. The summed E-state index contributed by atoms with van der Waals surface area (Å²) in [4.78, 5) is 213. The van der Waals surface area contributed by atoms with Gasteiger partial charge >= 0.3 is 5.97 Å². The number of nitrogens with one attached hydrogen (secondary N) is 19. The number of pyridine rings is 1. The number of aromatic nitrogens is 1. The summed E-state index contributed by atoms with van der Waals surface area (Å²) >= 11 is 0. The summed E-state index contributed by atoms with van der Waals surface area (Å²) in [6.07, 6.45) is 37.7. The maximum absolute atomic E-state index is 15.8. The maximum Gasteiger partial charge on any atom is 0.326 e. The molecule has 0 saturated heterocycles. The first-order chi connectivity index (χ1) is 69.6. The van der Waals surface area contributed by atoms with Crippen molar-refractivity contribution in [2.45, 2.75) is 241 Å². The molecule has 43 nitrogen and oxygen atoms in total. The van der Waals surface area contributed by atoms with Gasteiger partial charge in [-0.3, -0.25) is 67.3 Å². The van der Waals surface area contributed by atoms with Crippen molar-refractivity contribution in [3.05, 3.63) is 145 Å². The van der Waals surface area contributed by atoms with E-state index in [0.717, 1.165) is 34.2 Å². The van der Waals surface area contributed by atoms with Crippen LogP contribution < -0.4 is 123 Å². The van der Waals surface area contributed by atoms with Crippen LogP contribution in [0, 0.1) is 0 Å². The number of nitrogens with two attached hydrogens (primary N) is 3. The van der Waals surface area contributed by atoms with E-state index in [9.17, 15) is 48.3 Å². The fourth-order valence-corrected chi connectivity index (χ4v) is 16.1. The van der Waals surface area contributed by atoms with Crippen LogP contribution in [0.3, 0.4) is 0 Å². The van der Waals surface area contributed by atoms with Crippen LogP contribution >= 0.6 is 0 Å². The molecule has 800 valence electrons. The van der Waals surface area contributed by atoms with Crippen LogP contribution in [-0.2, 0) is 67.1 Å². The van der Waals surface area contributed by atoms with Gasteiger partial charge in [-0.1, -0.05) is 6.42 Å². The largest absolute Gasteiger partial charge is 0.480 e. The fraction of sp³-hybridized carbons (Fsp3) is 0.614. The molecule has 43 heteroatoms. The smallest absolute Gasteiger partial charge is 0.326 e. The van der Waals surface area contributed by atoms with E-state index in [-0.39, 0.29) is 216 Å². The van der Waals surface area contributed by atoms with Gasteiger partial charge < -0.3 is 148 Å². The number of carboxylic acid groups (broad SMARTS) is 1. The average Bonchev–Trinajstić information content (AvgIpc) is 0.871. The number of unbranched alkanes of at least 4 members (excludes halogenated alkanes) is 8. The van der Waals surface area contributed by atoms with Gasteiger partial charge in [0, 0.05) is 232 Å². The summed E-state index contributed by atoms with van der Waals surface area (Å²) in [6, 6.07) is -7.45. The number of likely N-dealkylation sites (N-methyl/N-ethyl adjacent to an activating group) is 4. The van der Waals surface area contributed by atoms with Gasteiger partial charge in [-0.15, -0.1) is 0 Å². The number of anilines is 1. The molecule has 1 aromatic rings. The van der Waals surface area contributed by atoms with Crippen LogP contribution in [0.2, 0.25) is 0 Å². The Morgan fingerprint density at radius 3 is 0.833 bits per heavy atom. The molecule has 0 aromatic carbocycles. The normalized spacial score (nSPS) is 14.9. The molecule has 8 atom stereocenters. The van der Waals surface area contributed by atoms with E-state index in [1.54, 1.807) is 18.6 Å². The topological polar surface area (TPSA) is 595 Å². The highest BCUT2D eigenvalue weighted by Gasteiger charge is 2.36. The maximum atomic E-state index is 15.8. The molecule has 5 aliphatic rings. The summed E-state index contributed by atoms with van der Waals surface area (Å²) in [5.74, 6) is -8.43. The minimum atomic E-state index is -1.52. The zero-order chi connectivity index (χ0) is 104. The molecule has 0 spiro atoms. The summed E-state index contributed by atoms with van der Waals surface area (Å²) in [7, 11) is 9.39. The summed E-state index contributed by atoms with van der Waals surface area (Å²) in [5, 5.41) is 66.8. The predicted octanol–water partition coefficient (Wildman–Crippen LogP) is -0.0383. The Hall–Kier alpha value is -13.2. The minimum absolute atomic E-state index is 0.0165. The quantitative estimate of drug-likeness (QED) is 0.0381. The number of nitrogens with zero attached hydrogens (tertiary/aromatic N) is 6. The summed E-state index contributed by atoms with van der Waals surface area (Å²) in [5.41, 5.74) is 23.8. The molecule has 0 radical (unpaired) electrons. The highest BCUT2D eigenvalue weighted by molar-refractivity contribution is 5.98. The van der Waals surface area contributed by atoms with Gasteiger partial charge in [0.2, 0.25) is 76.8 Å². The van der Waals surface area contributed by atoms with Gasteiger partial charge in [-0.2, -0.15) is 0 Å². The van der Waals surface area contributed by atoms with Gasteiger partial charge in [-0.05, 0) is 265 Å². The van der Waals surface area contributed by atoms with E-state index in [0.29, 0.717) is 136 Å². The number of hydrogen-bond donors (Lipinski definition) is 23. The molecular formula is C101H166N28O15. The van der Waals surface area contributed by atoms with Crippen molar-refractivity contribution < 1.29 is 72.2 Å². The Kier molecular flexibility index (Phi) is 59.2. The van der Waals surface area contributed by atoms with E-state index in [2.05, 4.69) is 106 Å². The van der Waals surface area contributed by atoms with E-state index >= 15 is 24.0 Å². The molecule has 0 bridgehead atoms. The first kappa shape index (κ1) is 120. The zero-order valence-electron chi connectivity index (χ0n) is 85.3. The number of dihydropyridines is 5. The third-order valence-electron chi connectivity index (χ3n) is 25.1. The lowest BCUT2D eigenvalue weighted by Crippen LogP contribution is -2.60. The second-order valence-corrected chi connectivity index (χ2v) is 36.6. The number of carboxylic acids is 1. The molecule has 0 aliphatic carbocycles. The Labute approximate surface area is 849 Å². The van der Waals surface area contributed by atoms with Gasteiger partial charge in [0.05, 0.1) is 6.04 Å². The third kappa shape index (κ3) is 50.7. The number of amides is 13. The summed E-state index contributed by atoms with van der Waals surface area (Å²) in [6.45, 7) is 7.32. The van der Waals surface area contributed by atoms with E-state index < -0.39 is 95.7 Å². The average molecular weight is 2010 g/mol. The van der Waals surface area contributed by atoms with Crippen molar-refractivity contribution in [2.24, 2.45) is 17.2 Å². The molecule has 1 unspecified atom stereocenters. The van der Waals surface area contributed by atoms with Crippen LogP contribution in [0.5, 0.6) is 0 Å². The van der Waals surface area contributed by atoms with Crippen LogP contribution in [0.15, 0.2) is 145 Å². The molecule has 26 N–H and O–H groups in total. The van der Waals surface area contributed by atoms with Crippen molar-refractivity contribution in [1.82, 2.24) is 126 Å². The lowest BCUT2D eigenvalue weighted by atomic mass is 10.0. The molecule has 0 saturated carbocycles. The summed E-state index contributed by atoms with van der Waals surface area (Å²) < 4.78 is 0. The van der Waals surface area contributed by atoms with Crippen molar-refractivity contribution in [2.75, 3.05) is 164 Å². The minimum Gasteiger partial charge on any atom is -0.480 e. The molecule has 1 aromatic heterocycles. The second-order valence-electron chi connectivity index (χ2n) is 36.6. The lowest BCUT2D eigenvalue weighted by Gasteiger charge is -2.28. The highest BCUT2D eigenvalue weighted by atomic mass is 16.4. The van der Waals surface area contributed by atoms with Crippen molar-refractivity contribution in [3.8, 4) is 0 Å². The Bertz CT molecular complexity index is 4480.